The van der Waals surface area contributed by atoms with E-state index in [9.17, 15) is 9.18 Å². The van der Waals surface area contributed by atoms with E-state index in [0.29, 0.717) is 0 Å². The van der Waals surface area contributed by atoms with Crippen LogP contribution in [0.4, 0.5) is 10.1 Å². The highest BCUT2D eigenvalue weighted by Crippen LogP contribution is 2.32. The third-order valence-corrected chi connectivity index (χ3v) is 3.50. The van der Waals surface area contributed by atoms with Crippen LogP contribution in [0, 0.1) is 5.82 Å². The summed E-state index contributed by atoms with van der Waals surface area (Å²) < 4.78 is 24.0. The summed E-state index contributed by atoms with van der Waals surface area (Å²) in [6, 6.07) is 2.31. The summed E-state index contributed by atoms with van der Waals surface area (Å²) in [4.78, 5) is 15.2. The molecule has 1 aliphatic carbocycles. The number of thiocarbonyl (C=S) groups is 1. The van der Waals surface area contributed by atoms with Gasteiger partial charge in [0, 0.05) is 6.07 Å². The second-order valence-corrected chi connectivity index (χ2v) is 5.21. The molecule has 1 aromatic carbocycles. The predicted molar refractivity (Wildman–Crippen MR) is 79.9 cm³/mol. The Morgan fingerprint density at radius 3 is 2.86 bits per heavy atom. The van der Waals surface area contributed by atoms with Crippen molar-refractivity contribution in [3.8, 4) is 5.75 Å². The summed E-state index contributed by atoms with van der Waals surface area (Å²) in [6.45, 7) is -0.289. The first-order chi connectivity index (χ1) is 10.1. The van der Waals surface area contributed by atoms with Gasteiger partial charge in [0.1, 0.15) is 17.5 Å². The van der Waals surface area contributed by atoms with E-state index in [1.807, 2.05) is 0 Å². The molecule has 1 aliphatic rings. The number of esters is 1. The Labute approximate surface area is 131 Å². The van der Waals surface area contributed by atoms with Gasteiger partial charge in [-0.25, -0.2) is 9.18 Å². The van der Waals surface area contributed by atoms with Crippen LogP contribution in [0.25, 0.3) is 0 Å². The highest BCUT2D eigenvalue weighted by Gasteiger charge is 2.20. The molecule has 112 valence electrons. The summed E-state index contributed by atoms with van der Waals surface area (Å²) in [5.74, 6) is -0.967. The number of benzene rings is 1. The molecule has 1 saturated carbocycles. The molecule has 1 aromatic rings. The van der Waals surface area contributed by atoms with Crippen molar-refractivity contribution in [3.05, 3.63) is 23.0 Å². The molecule has 0 radical (unpaired) electrons. The monoisotopic (exact) mass is 329 g/mol. The van der Waals surface area contributed by atoms with Crippen molar-refractivity contribution in [2.24, 2.45) is 4.99 Å². The zero-order valence-electron chi connectivity index (χ0n) is 11.1. The number of hydrogen-bond acceptors (Lipinski definition) is 5. The topological polar surface area (TPSA) is 47.9 Å². The van der Waals surface area contributed by atoms with Crippen molar-refractivity contribution >= 4 is 40.6 Å². The third kappa shape index (κ3) is 4.49. The maximum atomic E-state index is 13.5. The molecule has 0 saturated heterocycles. The van der Waals surface area contributed by atoms with E-state index in [0.717, 1.165) is 31.7 Å². The Morgan fingerprint density at radius 1 is 1.48 bits per heavy atom. The molecule has 7 heteroatoms. The van der Waals surface area contributed by atoms with Crippen LogP contribution >= 0.6 is 23.8 Å². The molecule has 0 unspecified atom stereocenters. The summed E-state index contributed by atoms with van der Waals surface area (Å²) in [7, 11) is 0. The van der Waals surface area contributed by atoms with Gasteiger partial charge in [-0.3, -0.25) is 0 Å². The van der Waals surface area contributed by atoms with Gasteiger partial charge in [0.25, 0.3) is 0 Å². The number of hydrogen-bond donors (Lipinski definition) is 0. The van der Waals surface area contributed by atoms with E-state index in [4.69, 9.17) is 21.1 Å². The van der Waals surface area contributed by atoms with Crippen LogP contribution in [0.3, 0.4) is 0 Å². The molecule has 0 aromatic heterocycles. The van der Waals surface area contributed by atoms with Crippen molar-refractivity contribution in [1.29, 1.82) is 0 Å². The van der Waals surface area contributed by atoms with E-state index in [1.54, 1.807) is 0 Å². The van der Waals surface area contributed by atoms with Gasteiger partial charge >= 0.3 is 5.97 Å². The molecule has 21 heavy (non-hydrogen) atoms. The number of nitrogens with zero attached hydrogens (tertiary/aromatic N) is 1. The van der Waals surface area contributed by atoms with Crippen LogP contribution < -0.4 is 4.74 Å². The predicted octanol–water partition coefficient (Wildman–Crippen LogP) is 4.08. The van der Waals surface area contributed by atoms with Crippen LogP contribution in [0.1, 0.15) is 25.7 Å². The lowest BCUT2D eigenvalue weighted by molar-refractivity contribution is -0.151. The quantitative estimate of drug-likeness (QED) is 0.464. The lowest BCUT2D eigenvalue weighted by Gasteiger charge is -2.12. The zero-order valence-corrected chi connectivity index (χ0v) is 12.7. The standard InChI is InChI=1S/C14H13ClFNO3S/c15-10-5-11(16)12(17-8-21)6-13(10)19-7-14(18)20-9-3-1-2-4-9/h5-6,9H,1-4,7H2. The Hall–Kier alpha value is -1.49. The average Bonchev–Trinajstić information content (AvgIpc) is 2.93. The SMILES string of the molecule is O=C(COc1cc(N=C=S)c(F)cc1Cl)OC1CCCC1. The fourth-order valence-electron chi connectivity index (χ4n) is 2.13. The van der Waals surface area contributed by atoms with Crippen molar-refractivity contribution in [2.75, 3.05) is 6.61 Å². The van der Waals surface area contributed by atoms with E-state index in [-0.39, 0.29) is 29.2 Å². The summed E-state index contributed by atoms with van der Waals surface area (Å²) in [6.07, 6.45) is 3.88. The number of carbonyl (C=O) groups excluding carboxylic acids is 1. The Balaban J connectivity index is 1.97. The first kappa shape index (κ1) is 15.9. The van der Waals surface area contributed by atoms with Crippen molar-refractivity contribution in [2.45, 2.75) is 31.8 Å². The first-order valence-electron chi connectivity index (χ1n) is 6.49. The molecule has 0 aliphatic heterocycles. The third-order valence-electron chi connectivity index (χ3n) is 3.11. The normalized spacial score (nSPS) is 14.6. The summed E-state index contributed by atoms with van der Waals surface area (Å²) in [5, 5.41) is 2.11. The largest absolute Gasteiger partial charge is 0.480 e. The van der Waals surface area contributed by atoms with Crippen molar-refractivity contribution in [3.63, 3.8) is 0 Å². The number of halogens is 2. The second kappa shape index (κ2) is 7.50. The van der Waals surface area contributed by atoms with Gasteiger partial charge in [0.15, 0.2) is 12.4 Å². The molecule has 0 bridgehead atoms. The highest BCUT2D eigenvalue weighted by molar-refractivity contribution is 7.78. The minimum absolute atomic E-state index is 0.0280. The Kier molecular flexibility index (Phi) is 5.67. The molecule has 0 atom stereocenters. The fraction of sp³-hybridized carbons (Fsp3) is 0.429. The maximum absolute atomic E-state index is 13.5. The van der Waals surface area contributed by atoms with Crippen LogP contribution in [0.15, 0.2) is 17.1 Å². The van der Waals surface area contributed by atoms with Gasteiger partial charge in [-0.05, 0) is 44.0 Å². The molecular weight excluding hydrogens is 317 g/mol. The zero-order chi connectivity index (χ0) is 15.2. The number of rotatable bonds is 5. The van der Waals surface area contributed by atoms with Crippen LogP contribution in [0.5, 0.6) is 5.75 Å². The number of isothiocyanates is 1. The lowest BCUT2D eigenvalue weighted by atomic mass is 10.3. The van der Waals surface area contributed by atoms with Crippen LogP contribution in [-0.4, -0.2) is 23.8 Å². The summed E-state index contributed by atoms with van der Waals surface area (Å²) >= 11 is 10.3. The van der Waals surface area contributed by atoms with Gasteiger partial charge < -0.3 is 9.47 Å². The van der Waals surface area contributed by atoms with Crippen molar-refractivity contribution < 1.29 is 18.7 Å². The molecule has 0 N–H and O–H groups in total. The number of ether oxygens (including phenoxy) is 2. The molecule has 4 nitrogen and oxygen atoms in total. The highest BCUT2D eigenvalue weighted by atomic mass is 35.5. The molecule has 2 rings (SSSR count). The molecule has 1 fully saturated rings. The maximum Gasteiger partial charge on any atom is 0.344 e. The van der Waals surface area contributed by atoms with Crippen LogP contribution in [-0.2, 0) is 9.53 Å². The van der Waals surface area contributed by atoms with Gasteiger partial charge in [-0.15, -0.1) is 0 Å². The average molecular weight is 330 g/mol. The molecule has 0 amide bonds. The fourth-order valence-corrected chi connectivity index (χ4v) is 2.43. The van der Waals surface area contributed by atoms with Crippen molar-refractivity contribution in [1.82, 2.24) is 0 Å². The molecular formula is C14H13ClFNO3S. The van der Waals surface area contributed by atoms with Crippen LogP contribution in [0.2, 0.25) is 5.02 Å². The van der Waals surface area contributed by atoms with Gasteiger partial charge in [-0.1, -0.05) is 11.6 Å². The van der Waals surface area contributed by atoms with Gasteiger partial charge in [0.05, 0.1) is 10.2 Å². The smallest absolute Gasteiger partial charge is 0.344 e. The molecule has 0 heterocycles. The summed E-state index contributed by atoms with van der Waals surface area (Å²) in [5.41, 5.74) is -0.0476. The van der Waals surface area contributed by atoms with Gasteiger partial charge in [-0.2, -0.15) is 4.99 Å². The van der Waals surface area contributed by atoms with E-state index >= 15 is 0 Å². The molecule has 0 spiro atoms. The van der Waals surface area contributed by atoms with E-state index in [2.05, 4.69) is 22.4 Å². The van der Waals surface area contributed by atoms with E-state index < -0.39 is 11.8 Å². The lowest BCUT2D eigenvalue weighted by Crippen LogP contribution is -2.20. The number of carbonyl (C=O) groups is 1. The number of aliphatic imine (C=N–C) groups is 1. The Bertz CT molecular complexity index is 584. The first-order valence-corrected chi connectivity index (χ1v) is 7.28. The Morgan fingerprint density at radius 2 is 2.19 bits per heavy atom. The minimum Gasteiger partial charge on any atom is -0.480 e. The second-order valence-electron chi connectivity index (χ2n) is 4.62. The van der Waals surface area contributed by atoms with Gasteiger partial charge in [0.2, 0.25) is 0 Å². The minimum atomic E-state index is -0.641. The van der Waals surface area contributed by atoms with E-state index in [1.165, 1.54) is 6.07 Å².